The summed E-state index contributed by atoms with van der Waals surface area (Å²) in [4.78, 5) is 13.3. The van der Waals surface area contributed by atoms with Gasteiger partial charge in [0.25, 0.3) is 0 Å². The number of likely N-dealkylation sites (tertiary alicyclic amines) is 1. The predicted molar refractivity (Wildman–Crippen MR) is 52.1 cm³/mol. The van der Waals surface area contributed by atoms with Crippen LogP contribution in [0.5, 0.6) is 0 Å². The molecule has 1 saturated heterocycles. The molecule has 0 bridgehead atoms. The molecule has 0 atom stereocenters. The Bertz CT molecular complexity index is 128. The zero-order valence-corrected chi connectivity index (χ0v) is 7.31. The van der Waals surface area contributed by atoms with Crippen LogP contribution in [-0.2, 0) is 4.79 Å². The lowest BCUT2D eigenvalue weighted by Crippen LogP contribution is -2.35. The van der Waals surface area contributed by atoms with Crippen LogP contribution < -0.4 is 0 Å². The van der Waals surface area contributed by atoms with Crippen molar-refractivity contribution in [1.82, 2.24) is 4.90 Å². The summed E-state index contributed by atoms with van der Waals surface area (Å²) in [7, 11) is 0. The van der Waals surface area contributed by atoms with E-state index in [0.717, 1.165) is 25.9 Å². The number of amides is 1. The summed E-state index contributed by atoms with van der Waals surface area (Å²) in [5, 5.41) is 0. The van der Waals surface area contributed by atoms with Crippen molar-refractivity contribution in [2.24, 2.45) is 0 Å². The van der Waals surface area contributed by atoms with Gasteiger partial charge in [-0.05, 0) is 25.7 Å². The highest BCUT2D eigenvalue weighted by Gasteiger charge is 2.14. The summed E-state index contributed by atoms with van der Waals surface area (Å²) in [5.74, 6) is 0.354. The molecule has 0 aromatic rings. The van der Waals surface area contributed by atoms with Gasteiger partial charge < -0.3 is 4.90 Å². The van der Waals surface area contributed by atoms with E-state index in [0.29, 0.717) is 5.91 Å². The van der Waals surface area contributed by atoms with E-state index in [1.807, 2.05) is 4.90 Å². The number of nitrogens with zero attached hydrogens (tertiary/aromatic N) is 1. The van der Waals surface area contributed by atoms with Crippen LogP contribution >= 0.6 is 0 Å². The largest absolute Gasteiger partial charge is 0.343 e. The fraction of sp³-hybridized carbons (Fsp3) is 0.900. The standard InChI is InChI=1S/C9H17NO.CH4/c1-2-6-9(11)10-7-4-3-5-8-10;/h2-8H2,1H3;1H4. The summed E-state index contributed by atoms with van der Waals surface area (Å²) in [6, 6.07) is 0. The van der Waals surface area contributed by atoms with Gasteiger partial charge in [-0.25, -0.2) is 0 Å². The summed E-state index contributed by atoms with van der Waals surface area (Å²) in [5.41, 5.74) is 0. The molecule has 1 fully saturated rings. The highest BCUT2D eigenvalue weighted by atomic mass is 16.2. The molecule has 0 unspecified atom stereocenters. The predicted octanol–water partition coefficient (Wildman–Crippen LogP) is 2.44. The van der Waals surface area contributed by atoms with Crippen LogP contribution in [0, 0.1) is 0 Å². The van der Waals surface area contributed by atoms with Crippen molar-refractivity contribution >= 4 is 5.91 Å². The van der Waals surface area contributed by atoms with Gasteiger partial charge in [0.15, 0.2) is 0 Å². The van der Waals surface area contributed by atoms with Crippen molar-refractivity contribution in [2.45, 2.75) is 46.5 Å². The molecule has 1 rings (SSSR count). The van der Waals surface area contributed by atoms with E-state index in [4.69, 9.17) is 0 Å². The maximum absolute atomic E-state index is 11.3. The number of carbonyl (C=O) groups excluding carboxylic acids is 1. The normalized spacial score (nSPS) is 16.9. The molecule has 0 saturated carbocycles. The van der Waals surface area contributed by atoms with E-state index in [2.05, 4.69) is 6.92 Å². The van der Waals surface area contributed by atoms with Gasteiger partial charge in [0.1, 0.15) is 0 Å². The molecule has 12 heavy (non-hydrogen) atoms. The first-order valence-electron chi connectivity index (χ1n) is 4.62. The lowest BCUT2D eigenvalue weighted by Gasteiger charge is -2.26. The Morgan fingerprint density at radius 2 is 1.83 bits per heavy atom. The van der Waals surface area contributed by atoms with Crippen molar-refractivity contribution in [3.63, 3.8) is 0 Å². The van der Waals surface area contributed by atoms with Gasteiger partial charge in [-0.15, -0.1) is 0 Å². The summed E-state index contributed by atoms with van der Waals surface area (Å²) in [6.07, 6.45) is 5.43. The third-order valence-corrected chi connectivity index (χ3v) is 2.17. The average Bonchev–Trinajstić information content (AvgIpc) is 2.07. The quantitative estimate of drug-likeness (QED) is 0.625. The first-order valence-corrected chi connectivity index (χ1v) is 4.62. The van der Waals surface area contributed by atoms with Crippen LogP contribution in [0.3, 0.4) is 0 Å². The summed E-state index contributed by atoms with van der Waals surface area (Å²) < 4.78 is 0. The van der Waals surface area contributed by atoms with E-state index in [1.165, 1.54) is 19.3 Å². The molecule has 2 heteroatoms. The molecule has 1 aliphatic heterocycles. The van der Waals surface area contributed by atoms with E-state index in [1.54, 1.807) is 0 Å². The lowest BCUT2D eigenvalue weighted by molar-refractivity contribution is -0.132. The van der Waals surface area contributed by atoms with Gasteiger partial charge >= 0.3 is 0 Å². The fourth-order valence-electron chi connectivity index (χ4n) is 1.52. The second-order valence-corrected chi connectivity index (χ2v) is 3.19. The van der Waals surface area contributed by atoms with Crippen LogP contribution in [-0.4, -0.2) is 23.9 Å². The van der Waals surface area contributed by atoms with Crippen molar-refractivity contribution in [3.8, 4) is 0 Å². The average molecular weight is 171 g/mol. The zero-order valence-electron chi connectivity index (χ0n) is 7.31. The topological polar surface area (TPSA) is 20.3 Å². The maximum Gasteiger partial charge on any atom is 0.222 e. The van der Waals surface area contributed by atoms with Crippen LogP contribution in [0.1, 0.15) is 46.5 Å². The van der Waals surface area contributed by atoms with Crippen molar-refractivity contribution < 1.29 is 4.79 Å². The number of carbonyl (C=O) groups is 1. The molecule has 72 valence electrons. The number of hydrogen-bond donors (Lipinski definition) is 0. The molecular weight excluding hydrogens is 150 g/mol. The first-order chi connectivity index (χ1) is 5.34. The van der Waals surface area contributed by atoms with Crippen molar-refractivity contribution in [3.05, 3.63) is 0 Å². The van der Waals surface area contributed by atoms with Gasteiger partial charge in [-0.2, -0.15) is 0 Å². The zero-order chi connectivity index (χ0) is 8.10. The van der Waals surface area contributed by atoms with Gasteiger partial charge in [0.05, 0.1) is 0 Å². The molecule has 0 spiro atoms. The van der Waals surface area contributed by atoms with Crippen LogP contribution in [0.15, 0.2) is 0 Å². The second kappa shape index (κ2) is 6.04. The van der Waals surface area contributed by atoms with Crippen molar-refractivity contribution in [2.75, 3.05) is 13.1 Å². The number of hydrogen-bond acceptors (Lipinski definition) is 1. The van der Waals surface area contributed by atoms with E-state index >= 15 is 0 Å². The maximum atomic E-state index is 11.3. The van der Waals surface area contributed by atoms with E-state index in [-0.39, 0.29) is 7.43 Å². The molecule has 0 radical (unpaired) electrons. The Morgan fingerprint density at radius 3 is 2.33 bits per heavy atom. The van der Waals surface area contributed by atoms with Gasteiger partial charge in [-0.3, -0.25) is 4.79 Å². The molecule has 0 aromatic carbocycles. The Hall–Kier alpha value is -0.530. The molecule has 1 amide bonds. The molecule has 1 heterocycles. The Kier molecular flexibility index (Phi) is 5.77. The van der Waals surface area contributed by atoms with Crippen molar-refractivity contribution in [1.29, 1.82) is 0 Å². The van der Waals surface area contributed by atoms with E-state index < -0.39 is 0 Å². The second-order valence-electron chi connectivity index (χ2n) is 3.19. The monoisotopic (exact) mass is 171 g/mol. The van der Waals surface area contributed by atoms with Gasteiger partial charge in [-0.1, -0.05) is 14.4 Å². The summed E-state index contributed by atoms with van der Waals surface area (Å²) >= 11 is 0. The molecule has 0 aromatic heterocycles. The Balaban J connectivity index is 0.00000121. The fourth-order valence-corrected chi connectivity index (χ4v) is 1.52. The molecule has 0 aliphatic carbocycles. The summed E-state index contributed by atoms with van der Waals surface area (Å²) in [6.45, 7) is 4.06. The third-order valence-electron chi connectivity index (χ3n) is 2.17. The van der Waals surface area contributed by atoms with Gasteiger partial charge in [0.2, 0.25) is 5.91 Å². The van der Waals surface area contributed by atoms with Gasteiger partial charge in [0, 0.05) is 19.5 Å². The molecule has 2 nitrogen and oxygen atoms in total. The SMILES string of the molecule is C.CCCC(=O)N1CCCCC1. The molecule has 1 aliphatic rings. The molecular formula is C10H21NO. The lowest BCUT2D eigenvalue weighted by atomic mass is 10.1. The van der Waals surface area contributed by atoms with Crippen LogP contribution in [0.4, 0.5) is 0 Å². The minimum atomic E-state index is 0. The Labute approximate surface area is 75.9 Å². The highest BCUT2D eigenvalue weighted by Crippen LogP contribution is 2.10. The minimum absolute atomic E-state index is 0. The molecule has 0 N–H and O–H groups in total. The van der Waals surface area contributed by atoms with E-state index in [9.17, 15) is 4.79 Å². The first kappa shape index (κ1) is 11.5. The van der Waals surface area contributed by atoms with Crippen LogP contribution in [0.2, 0.25) is 0 Å². The smallest absolute Gasteiger partial charge is 0.222 e. The number of piperidine rings is 1. The van der Waals surface area contributed by atoms with Crippen LogP contribution in [0.25, 0.3) is 0 Å². The Morgan fingerprint density at radius 1 is 1.25 bits per heavy atom. The highest BCUT2D eigenvalue weighted by molar-refractivity contribution is 5.76. The third kappa shape index (κ3) is 3.24. The number of rotatable bonds is 2. The minimum Gasteiger partial charge on any atom is -0.343 e.